The quantitative estimate of drug-likeness (QED) is 0.480. The van der Waals surface area contributed by atoms with Gasteiger partial charge in [0.2, 0.25) is 0 Å². The molecule has 0 saturated carbocycles. The largest absolute Gasteiger partial charge is 0.353 e. The molecule has 0 unspecified atom stereocenters. The molecular weight excluding hydrogens is 206 g/mol. The van der Waals surface area contributed by atoms with E-state index in [2.05, 4.69) is 26.5 Å². The zero-order valence-electron chi connectivity index (χ0n) is 12.7. The Balaban J connectivity index is 3.95. The average molecular weight is 242 g/mol. The molecule has 0 bridgehead atoms. The van der Waals surface area contributed by atoms with E-state index in [-0.39, 0.29) is 0 Å². The lowest BCUT2D eigenvalue weighted by molar-refractivity contribution is -0.484. The first-order chi connectivity index (χ1) is 8.18. The van der Waals surface area contributed by atoms with Gasteiger partial charge in [-0.25, -0.2) is 0 Å². The average Bonchev–Trinajstić information content (AvgIpc) is 2.30. The van der Waals surface area contributed by atoms with Crippen molar-refractivity contribution in [2.24, 2.45) is 0 Å². The molecule has 0 amide bonds. The molecular formula is C16H36N+. The van der Waals surface area contributed by atoms with Crippen molar-refractivity contribution in [1.82, 2.24) is 0 Å². The summed E-state index contributed by atoms with van der Waals surface area (Å²) in [5, 5.41) is 0. The molecule has 3 N–H and O–H groups in total. The highest BCUT2D eigenvalue weighted by molar-refractivity contribution is 4.76. The van der Waals surface area contributed by atoms with E-state index in [1.807, 2.05) is 0 Å². The molecule has 0 fully saturated rings. The maximum atomic E-state index is 4.58. The summed E-state index contributed by atoms with van der Waals surface area (Å²) in [6.45, 7) is 6.87. The van der Waals surface area contributed by atoms with Crippen molar-refractivity contribution in [2.45, 2.75) is 103 Å². The van der Waals surface area contributed by atoms with E-state index < -0.39 is 0 Å². The summed E-state index contributed by atoms with van der Waals surface area (Å²) >= 11 is 0. The van der Waals surface area contributed by atoms with Crippen molar-refractivity contribution in [3.63, 3.8) is 0 Å². The van der Waals surface area contributed by atoms with E-state index in [1.165, 1.54) is 77.0 Å². The fourth-order valence-electron chi connectivity index (χ4n) is 2.62. The molecule has 0 aromatic rings. The normalized spacial score (nSPS) is 12.0. The van der Waals surface area contributed by atoms with E-state index in [9.17, 15) is 0 Å². The van der Waals surface area contributed by atoms with Crippen LogP contribution in [0, 0.1) is 0 Å². The number of quaternary nitrogens is 1. The number of rotatable bonds is 12. The van der Waals surface area contributed by atoms with Crippen LogP contribution < -0.4 is 5.73 Å². The first-order valence-electron chi connectivity index (χ1n) is 8.04. The lowest BCUT2D eigenvalue weighted by atomic mass is 9.83. The van der Waals surface area contributed by atoms with Crippen molar-refractivity contribution >= 4 is 0 Å². The van der Waals surface area contributed by atoms with E-state index in [4.69, 9.17) is 0 Å². The predicted molar refractivity (Wildman–Crippen MR) is 78.0 cm³/mol. The van der Waals surface area contributed by atoms with Gasteiger partial charge in [0.25, 0.3) is 0 Å². The van der Waals surface area contributed by atoms with Crippen LogP contribution in [0.3, 0.4) is 0 Å². The van der Waals surface area contributed by atoms with Gasteiger partial charge in [0, 0.05) is 19.3 Å². The molecule has 104 valence electrons. The minimum absolute atomic E-state index is 0.402. The maximum absolute atomic E-state index is 4.58. The third kappa shape index (κ3) is 9.64. The van der Waals surface area contributed by atoms with Crippen LogP contribution in [0.2, 0.25) is 0 Å². The van der Waals surface area contributed by atoms with Crippen molar-refractivity contribution in [1.29, 1.82) is 0 Å². The van der Waals surface area contributed by atoms with E-state index in [0.717, 1.165) is 0 Å². The Kier molecular flexibility index (Phi) is 11.0. The van der Waals surface area contributed by atoms with Gasteiger partial charge in [0.1, 0.15) is 0 Å². The molecule has 17 heavy (non-hydrogen) atoms. The second-order valence-electron chi connectivity index (χ2n) is 5.87. The second-order valence-corrected chi connectivity index (χ2v) is 5.87. The van der Waals surface area contributed by atoms with Gasteiger partial charge < -0.3 is 5.73 Å². The molecule has 0 aromatic carbocycles. The van der Waals surface area contributed by atoms with Gasteiger partial charge >= 0.3 is 0 Å². The minimum atomic E-state index is 0.402. The smallest absolute Gasteiger partial charge is 0.0945 e. The van der Waals surface area contributed by atoms with Crippen molar-refractivity contribution in [3.8, 4) is 0 Å². The summed E-state index contributed by atoms with van der Waals surface area (Å²) in [5.41, 5.74) is 4.99. The molecule has 0 spiro atoms. The fraction of sp³-hybridized carbons (Fsp3) is 1.00. The fourth-order valence-corrected chi connectivity index (χ4v) is 2.62. The van der Waals surface area contributed by atoms with Gasteiger partial charge in [-0.2, -0.15) is 0 Å². The third-order valence-electron chi connectivity index (χ3n) is 3.93. The third-order valence-corrected chi connectivity index (χ3v) is 3.93. The van der Waals surface area contributed by atoms with Crippen LogP contribution in [0.25, 0.3) is 0 Å². The Bertz CT molecular complexity index is 127. The van der Waals surface area contributed by atoms with Crippen LogP contribution in [0.1, 0.15) is 97.8 Å². The molecule has 0 atom stereocenters. The van der Waals surface area contributed by atoms with Crippen LogP contribution in [0.5, 0.6) is 0 Å². The van der Waals surface area contributed by atoms with Gasteiger partial charge in [0.05, 0.1) is 5.54 Å². The standard InChI is InChI=1S/C16H35N/c1-4-7-10-13-16(17,14-11-8-5-2)15-12-9-6-3/h4-15,17H2,1-3H3/p+1. The number of unbranched alkanes of at least 4 members (excludes halogenated alkanes) is 6. The monoisotopic (exact) mass is 242 g/mol. The molecule has 0 heterocycles. The summed E-state index contributed by atoms with van der Waals surface area (Å²) < 4.78 is 0. The zero-order valence-corrected chi connectivity index (χ0v) is 12.7. The van der Waals surface area contributed by atoms with Crippen molar-refractivity contribution < 1.29 is 5.73 Å². The van der Waals surface area contributed by atoms with Crippen LogP contribution in [-0.2, 0) is 0 Å². The predicted octanol–water partition coefficient (Wildman–Crippen LogP) is 4.71. The van der Waals surface area contributed by atoms with Gasteiger partial charge in [0.15, 0.2) is 0 Å². The Morgan fingerprint density at radius 1 is 0.588 bits per heavy atom. The Morgan fingerprint density at radius 2 is 0.882 bits per heavy atom. The highest BCUT2D eigenvalue weighted by atomic mass is 14.7. The second kappa shape index (κ2) is 11.1. The molecule has 0 saturated heterocycles. The lowest BCUT2D eigenvalue weighted by Gasteiger charge is -2.26. The summed E-state index contributed by atoms with van der Waals surface area (Å²) in [5.74, 6) is 0. The Morgan fingerprint density at radius 3 is 1.12 bits per heavy atom. The highest BCUT2D eigenvalue weighted by Gasteiger charge is 2.27. The van der Waals surface area contributed by atoms with Gasteiger partial charge in [-0.1, -0.05) is 59.3 Å². The first kappa shape index (κ1) is 17.0. The summed E-state index contributed by atoms with van der Waals surface area (Å²) in [6, 6.07) is 0. The van der Waals surface area contributed by atoms with E-state index in [1.54, 1.807) is 0 Å². The van der Waals surface area contributed by atoms with Crippen LogP contribution >= 0.6 is 0 Å². The summed E-state index contributed by atoms with van der Waals surface area (Å²) in [6.07, 6.45) is 16.4. The Labute approximate surface area is 110 Å². The van der Waals surface area contributed by atoms with Gasteiger partial charge in [-0.3, -0.25) is 0 Å². The van der Waals surface area contributed by atoms with Gasteiger partial charge in [-0.05, 0) is 19.3 Å². The highest BCUT2D eigenvalue weighted by Crippen LogP contribution is 2.24. The summed E-state index contributed by atoms with van der Waals surface area (Å²) in [7, 11) is 0. The molecule has 0 aliphatic heterocycles. The first-order valence-corrected chi connectivity index (χ1v) is 8.04. The van der Waals surface area contributed by atoms with Crippen LogP contribution in [-0.4, -0.2) is 5.54 Å². The molecule has 1 nitrogen and oxygen atoms in total. The molecule has 0 aromatic heterocycles. The SMILES string of the molecule is CCCCCC([NH3+])(CCCCC)CCCCC. The van der Waals surface area contributed by atoms with E-state index in [0.29, 0.717) is 5.54 Å². The topological polar surface area (TPSA) is 27.6 Å². The van der Waals surface area contributed by atoms with Crippen LogP contribution in [0.15, 0.2) is 0 Å². The van der Waals surface area contributed by atoms with Crippen molar-refractivity contribution in [2.75, 3.05) is 0 Å². The molecule has 0 aliphatic carbocycles. The Hall–Kier alpha value is -0.0400. The summed E-state index contributed by atoms with van der Waals surface area (Å²) in [4.78, 5) is 0. The molecule has 1 heteroatoms. The lowest BCUT2D eigenvalue weighted by Crippen LogP contribution is -2.72. The molecule has 0 rings (SSSR count). The van der Waals surface area contributed by atoms with Gasteiger partial charge in [-0.15, -0.1) is 0 Å². The number of hydrogen-bond acceptors (Lipinski definition) is 0. The van der Waals surface area contributed by atoms with E-state index >= 15 is 0 Å². The minimum Gasteiger partial charge on any atom is -0.353 e. The van der Waals surface area contributed by atoms with Crippen molar-refractivity contribution in [3.05, 3.63) is 0 Å². The number of hydrogen-bond donors (Lipinski definition) is 1. The molecule has 0 aliphatic rings. The molecule has 0 radical (unpaired) electrons. The maximum Gasteiger partial charge on any atom is 0.0945 e. The van der Waals surface area contributed by atoms with Crippen LogP contribution in [0.4, 0.5) is 0 Å². The zero-order chi connectivity index (χ0) is 13.0.